The second kappa shape index (κ2) is 5.24. The molecule has 0 bridgehead atoms. The molecule has 8 nitrogen and oxygen atoms in total. The number of hydrogen-bond donors (Lipinski definition) is 7. The topological polar surface area (TPSA) is 159 Å². The van der Waals surface area contributed by atoms with Gasteiger partial charge < -0.3 is 0 Å². The van der Waals surface area contributed by atoms with E-state index in [9.17, 15) is 3.74 Å². The van der Waals surface area contributed by atoms with Crippen LogP contribution in [0, 0.1) is 0 Å². The van der Waals surface area contributed by atoms with Crippen LogP contribution in [0.3, 0.4) is 0 Å². The molecule has 0 rings (SSSR count). The van der Waals surface area contributed by atoms with Crippen LogP contribution in [-0.2, 0) is 3.74 Å². The summed E-state index contributed by atoms with van der Waals surface area (Å²) in [5, 5.41) is 42.5. The van der Waals surface area contributed by atoms with Crippen LogP contribution in [0.25, 0.3) is 0 Å². The summed E-state index contributed by atoms with van der Waals surface area (Å²) in [7, 11) is 0. The Labute approximate surface area is 82.1 Å². The maximum absolute atomic E-state index is 10.4. The van der Waals surface area contributed by atoms with Crippen LogP contribution in [0.4, 0.5) is 0 Å². The molecule has 7 N–H and O–H groups in total. The molecule has 0 saturated carbocycles. The molecule has 0 fully saturated rings. The van der Waals surface area contributed by atoms with Gasteiger partial charge in [-0.2, -0.15) is 0 Å². The van der Waals surface area contributed by atoms with E-state index >= 15 is 0 Å². The summed E-state index contributed by atoms with van der Waals surface area (Å²) in [6.07, 6.45) is -8.30. The average Bonchev–Trinajstić information content (AvgIpc) is 1.98. The summed E-state index contributed by atoms with van der Waals surface area (Å²) < 4.78 is 27.3. The molecular weight excluding hydrogens is 263 g/mol. The Morgan fingerprint density at radius 1 is 0.929 bits per heavy atom. The zero-order valence-electron chi connectivity index (χ0n) is 7.00. The van der Waals surface area contributed by atoms with Crippen molar-refractivity contribution in [1.82, 2.24) is 0 Å². The van der Waals surface area contributed by atoms with Gasteiger partial charge in [-0.1, -0.05) is 0 Å². The number of rotatable bonds is 5. The van der Waals surface area contributed by atoms with Crippen LogP contribution >= 0.6 is 0 Å². The molecule has 0 aromatic rings. The van der Waals surface area contributed by atoms with E-state index in [2.05, 4.69) is 0 Å². The Balaban J connectivity index is 4.25. The van der Waals surface area contributed by atoms with Crippen molar-refractivity contribution in [2.75, 3.05) is 0 Å². The van der Waals surface area contributed by atoms with E-state index in [0.717, 1.165) is 0 Å². The van der Waals surface area contributed by atoms with Crippen molar-refractivity contribution in [2.45, 2.75) is 29.8 Å². The van der Waals surface area contributed by atoms with Gasteiger partial charge in [-0.15, -0.1) is 0 Å². The third kappa shape index (κ3) is 5.08. The summed E-state index contributed by atoms with van der Waals surface area (Å²) in [5.41, 5.74) is 0. The molecule has 14 heavy (non-hydrogen) atoms. The summed E-state index contributed by atoms with van der Waals surface area (Å²) in [6, 6.07) is 0. The minimum absolute atomic E-state index is 1.01. The van der Waals surface area contributed by atoms with Gasteiger partial charge in [0.25, 0.3) is 0 Å². The summed E-state index contributed by atoms with van der Waals surface area (Å²) in [6.45, 7) is 0. The molecule has 0 aliphatic carbocycles. The quantitative estimate of drug-likeness (QED) is 0.196. The molecule has 0 spiro atoms. The minimum atomic E-state index is -5.12. The predicted octanol–water partition coefficient (Wildman–Crippen LogP) is -4.27. The van der Waals surface area contributed by atoms with E-state index < -0.39 is 44.0 Å². The van der Waals surface area contributed by atoms with Gasteiger partial charge in [0.15, 0.2) is 0 Å². The van der Waals surface area contributed by atoms with Gasteiger partial charge in [-0.05, 0) is 0 Å². The number of aliphatic hydroxyl groups excluding tert-OH is 4. The number of hydrogen-bond acceptors (Lipinski definition) is 6. The zero-order chi connectivity index (χ0) is 11.5. The van der Waals surface area contributed by atoms with Crippen LogP contribution in [-0.4, -0.2) is 72.5 Å². The summed E-state index contributed by atoms with van der Waals surface area (Å²) >= 11 is -5.12. The first-order valence-electron chi connectivity index (χ1n) is 3.60. The Kier molecular flexibility index (Phi) is 5.27. The van der Waals surface area contributed by atoms with Gasteiger partial charge in [0.05, 0.1) is 0 Å². The van der Waals surface area contributed by atoms with Crippen molar-refractivity contribution in [2.24, 2.45) is 0 Å². The van der Waals surface area contributed by atoms with E-state index in [1.54, 1.807) is 0 Å². The predicted molar refractivity (Wildman–Crippen MR) is 41.9 cm³/mol. The van der Waals surface area contributed by atoms with Crippen molar-refractivity contribution in [3.05, 3.63) is 0 Å². The molecular formula is C5H13AsO8. The fourth-order valence-corrected chi connectivity index (χ4v) is 2.23. The third-order valence-corrected chi connectivity index (χ3v) is 3.26. The summed E-state index contributed by atoms with van der Waals surface area (Å²) in [4.78, 5) is 0. The van der Waals surface area contributed by atoms with E-state index in [-0.39, 0.29) is 0 Å². The maximum atomic E-state index is 10.4. The van der Waals surface area contributed by atoms with Crippen LogP contribution in [0.15, 0.2) is 0 Å². The SMILES string of the molecule is O=[As](O)(O)C[C@@H](O)[C@H](O)[C@@H](O)C(O)O. The Morgan fingerprint density at radius 3 is 1.64 bits per heavy atom. The van der Waals surface area contributed by atoms with Gasteiger partial charge in [-0.25, -0.2) is 0 Å². The molecule has 9 heteroatoms. The zero-order valence-corrected chi connectivity index (χ0v) is 8.88. The molecule has 0 radical (unpaired) electrons. The van der Waals surface area contributed by atoms with Crippen molar-refractivity contribution in [3.63, 3.8) is 0 Å². The fourth-order valence-electron chi connectivity index (χ4n) is 0.756. The van der Waals surface area contributed by atoms with E-state index in [1.165, 1.54) is 0 Å². The molecule has 3 atom stereocenters. The average molecular weight is 276 g/mol. The molecule has 0 saturated heterocycles. The van der Waals surface area contributed by atoms with Crippen LogP contribution < -0.4 is 0 Å². The third-order valence-electron chi connectivity index (χ3n) is 1.47. The molecule has 0 aliphatic heterocycles. The summed E-state index contributed by atoms with van der Waals surface area (Å²) in [5.74, 6) is 0. The second-order valence-corrected chi connectivity index (χ2v) is 6.36. The van der Waals surface area contributed by atoms with Crippen LogP contribution in [0.5, 0.6) is 0 Å². The first-order chi connectivity index (χ1) is 6.15. The monoisotopic (exact) mass is 276 g/mol. The second-order valence-electron chi connectivity index (χ2n) is 2.81. The van der Waals surface area contributed by atoms with E-state index in [0.29, 0.717) is 0 Å². The van der Waals surface area contributed by atoms with Gasteiger partial charge in [-0.3, -0.25) is 0 Å². The van der Waals surface area contributed by atoms with Gasteiger partial charge in [0, 0.05) is 0 Å². The Morgan fingerprint density at radius 2 is 1.36 bits per heavy atom. The van der Waals surface area contributed by atoms with Crippen LogP contribution in [0.2, 0.25) is 5.21 Å². The Hall–Kier alpha value is 0.0784. The molecule has 0 heterocycles. The van der Waals surface area contributed by atoms with Crippen molar-refractivity contribution in [1.29, 1.82) is 0 Å². The first-order valence-corrected chi connectivity index (χ1v) is 7.37. The molecule has 0 aromatic heterocycles. The molecule has 0 aliphatic rings. The number of aliphatic hydroxyl groups is 5. The fraction of sp³-hybridized carbons (Fsp3) is 1.00. The normalized spacial score (nSPS) is 19.4. The molecule has 0 aromatic carbocycles. The first kappa shape index (κ1) is 14.1. The van der Waals surface area contributed by atoms with Crippen molar-refractivity contribution < 1.29 is 37.5 Å². The van der Waals surface area contributed by atoms with Gasteiger partial charge in [0.2, 0.25) is 0 Å². The van der Waals surface area contributed by atoms with Gasteiger partial charge >= 0.3 is 81.4 Å². The van der Waals surface area contributed by atoms with E-state index in [1.807, 2.05) is 0 Å². The standard InChI is InChI=1S/C5H13AsO8/c7-2(1-6(12,13)14)3(8)4(9)5(10)11/h2-5,7-11H,1H2,(H2,12,13,14)/t2-,3+,4-/m1/s1. The molecule has 0 amide bonds. The molecule has 86 valence electrons. The Bertz CT molecular complexity index is 212. The van der Waals surface area contributed by atoms with E-state index in [4.69, 9.17) is 33.7 Å². The van der Waals surface area contributed by atoms with Crippen molar-refractivity contribution >= 4 is 14.2 Å². The van der Waals surface area contributed by atoms with Crippen molar-refractivity contribution in [3.8, 4) is 0 Å². The van der Waals surface area contributed by atoms with Crippen LogP contribution in [0.1, 0.15) is 0 Å². The molecule has 0 unspecified atom stereocenters. The van der Waals surface area contributed by atoms with Gasteiger partial charge in [0.1, 0.15) is 0 Å².